The van der Waals surface area contributed by atoms with Crippen LogP contribution in [0.15, 0.2) is 58.5 Å². The van der Waals surface area contributed by atoms with Gasteiger partial charge in [0.2, 0.25) is 15.9 Å². The average Bonchev–Trinajstić information content (AvgIpc) is 3.00. The third-order valence-electron chi connectivity index (χ3n) is 8.65. The Hall–Kier alpha value is -4.17. The van der Waals surface area contributed by atoms with Crippen molar-refractivity contribution in [3.63, 3.8) is 0 Å². The predicted molar refractivity (Wildman–Crippen MR) is 157 cm³/mol. The maximum atomic E-state index is 14.6. The topological polar surface area (TPSA) is 105 Å². The minimum Gasteiger partial charge on any atom is -0.305 e. The van der Waals surface area contributed by atoms with Crippen molar-refractivity contribution in [3.05, 3.63) is 93.7 Å². The Morgan fingerprint density at radius 1 is 0.956 bits per heavy atom. The Bertz CT molecular complexity index is 1940. The first-order valence-corrected chi connectivity index (χ1v) is 16.0. The molecule has 0 bridgehead atoms. The van der Waals surface area contributed by atoms with Crippen molar-refractivity contribution in [1.82, 2.24) is 19.1 Å². The summed E-state index contributed by atoms with van der Waals surface area (Å²) >= 11 is 0. The van der Waals surface area contributed by atoms with Crippen LogP contribution in [-0.4, -0.2) is 46.0 Å². The van der Waals surface area contributed by atoms with Crippen molar-refractivity contribution >= 4 is 32.4 Å². The molecule has 0 radical (unpaired) electrons. The number of fused-ring (bicyclic) bond motifs is 1. The van der Waals surface area contributed by atoms with E-state index in [1.807, 2.05) is 6.07 Å². The lowest BCUT2D eigenvalue weighted by Gasteiger charge is -2.41. The fourth-order valence-corrected chi connectivity index (χ4v) is 7.79. The van der Waals surface area contributed by atoms with E-state index < -0.39 is 50.1 Å². The molecule has 1 amide bonds. The number of anilines is 1. The van der Waals surface area contributed by atoms with Crippen molar-refractivity contribution in [2.45, 2.75) is 61.9 Å². The molecule has 4 aromatic rings. The number of hydrogen-bond acceptors (Lipinski definition) is 6. The van der Waals surface area contributed by atoms with Gasteiger partial charge in [-0.25, -0.2) is 30.7 Å². The third-order valence-corrected chi connectivity index (χ3v) is 10.6. The smallest absolute Gasteiger partial charge is 0.274 e. The Morgan fingerprint density at radius 2 is 1.67 bits per heavy atom. The zero-order valence-corrected chi connectivity index (χ0v) is 25.0. The van der Waals surface area contributed by atoms with E-state index in [9.17, 15) is 35.6 Å². The van der Waals surface area contributed by atoms with Gasteiger partial charge in [-0.1, -0.05) is 25.3 Å². The van der Waals surface area contributed by atoms with Crippen LogP contribution < -0.4 is 10.5 Å². The molecule has 45 heavy (non-hydrogen) atoms. The van der Waals surface area contributed by atoms with Gasteiger partial charge in [-0.15, -0.1) is 0 Å². The minimum absolute atomic E-state index is 0.0146. The lowest BCUT2D eigenvalue weighted by Crippen LogP contribution is -2.59. The molecule has 9 nitrogen and oxygen atoms in total. The van der Waals surface area contributed by atoms with E-state index in [-0.39, 0.29) is 31.1 Å². The van der Waals surface area contributed by atoms with Crippen LogP contribution in [0.4, 0.5) is 23.2 Å². The molecule has 14 heteroatoms. The number of sulfonamides is 1. The molecule has 2 aromatic heterocycles. The number of nitrogens with zero attached hydrogens (tertiary/aromatic N) is 5. The van der Waals surface area contributed by atoms with Crippen LogP contribution in [0.2, 0.25) is 0 Å². The summed E-state index contributed by atoms with van der Waals surface area (Å²) in [5.41, 5.74) is 1.51. The van der Waals surface area contributed by atoms with Gasteiger partial charge in [-0.3, -0.25) is 14.6 Å². The molecule has 2 aliphatic rings. The number of amides is 1. The molecule has 6 rings (SSSR count). The highest BCUT2D eigenvalue weighted by Gasteiger charge is 2.47. The van der Waals surface area contributed by atoms with Crippen LogP contribution in [0.1, 0.15) is 55.7 Å². The van der Waals surface area contributed by atoms with Gasteiger partial charge in [0.1, 0.15) is 6.04 Å². The second-order valence-electron chi connectivity index (χ2n) is 11.4. The maximum Gasteiger partial charge on any atom is 0.274 e. The van der Waals surface area contributed by atoms with Gasteiger partial charge >= 0.3 is 0 Å². The Balaban J connectivity index is 1.36. The summed E-state index contributed by atoms with van der Waals surface area (Å²) in [6.45, 7) is -0.412. The molecule has 2 aromatic carbocycles. The maximum absolute atomic E-state index is 14.6. The molecule has 0 N–H and O–H groups in total. The number of carbonyl (C=O) groups is 1. The zero-order chi connectivity index (χ0) is 32.0. The van der Waals surface area contributed by atoms with Gasteiger partial charge in [0.15, 0.2) is 28.2 Å². The van der Waals surface area contributed by atoms with E-state index in [4.69, 9.17) is 0 Å². The predicted octanol–water partition coefficient (Wildman–Crippen LogP) is 4.93. The molecule has 0 spiro atoms. The van der Waals surface area contributed by atoms with Gasteiger partial charge in [-0.05, 0) is 55.0 Å². The van der Waals surface area contributed by atoms with E-state index in [1.54, 1.807) is 18.3 Å². The number of carbonyl (C=O) groups excluding carboxylic acids is 1. The first-order chi connectivity index (χ1) is 21.5. The van der Waals surface area contributed by atoms with Crippen molar-refractivity contribution < 1.29 is 30.8 Å². The minimum atomic E-state index is -5.17. The fourth-order valence-electron chi connectivity index (χ4n) is 6.03. The van der Waals surface area contributed by atoms with E-state index in [0.29, 0.717) is 32.4 Å². The number of benzene rings is 2. The highest BCUT2D eigenvalue weighted by Crippen LogP contribution is 2.35. The standard InChI is InChI=1S/C31H29F4N5O4S/c1-38-30(41)23-10-9-22(13-20(23)16-37-38)39(17-21-8-7-19(15-36-21)18-5-3-2-4-6-18)31(42)26-11-12-40(26)45(43,44)29-27(34)24(32)14-25(33)28(29)35/h7-10,13-16,18,26H,2-6,11-12,17H2,1H3/t26-/m1/s1. The summed E-state index contributed by atoms with van der Waals surface area (Å²) in [5, 5.41) is 4.79. The van der Waals surface area contributed by atoms with Crippen molar-refractivity contribution in [2.75, 3.05) is 11.4 Å². The van der Waals surface area contributed by atoms with Crippen LogP contribution in [0.25, 0.3) is 10.8 Å². The first kappa shape index (κ1) is 30.8. The first-order valence-electron chi connectivity index (χ1n) is 14.5. The summed E-state index contributed by atoms with van der Waals surface area (Å²) < 4.78 is 85.3. The van der Waals surface area contributed by atoms with Gasteiger partial charge < -0.3 is 4.90 Å². The van der Waals surface area contributed by atoms with Crippen molar-refractivity contribution in [1.29, 1.82) is 0 Å². The van der Waals surface area contributed by atoms with E-state index >= 15 is 0 Å². The molecule has 1 aliphatic heterocycles. The van der Waals surface area contributed by atoms with Crippen LogP contribution in [0.5, 0.6) is 0 Å². The lowest BCUT2D eigenvalue weighted by atomic mass is 9.85. The Morgan fingerprint density at radius 3 is 2.29 bits per heavy atom. The van der Waals surface area contributed by atoms with Gasteiger partial charge in [0.25, 0.3) is 5.56 Å². The van der Waals surface area contributed by atoms with Crippen LogP contribution in [0.3, 0.4) is 0 Å². The summed E-state index contributed by atoms with van der Waals surface area (Å²) in [6.07, 6.45) is 8.83. The summed E-state index contributed by atoms with van der Waals surface area (Å²) in [5.74, 6) is -8.26. The van der Waals surface area contributed by atoms with Crippen LogP contribution in [-0.2, 0) is 28.4 Å². The van der Waals surface area contributed by atoms with Crippen molar-refractivity contribution in [2.24, 2.45) is 7.05 Å². The number of halogens is 4. The number of hydrogen-bond donors (Lipinski definition) is 0. The van der Waals surface area contributed by atoms with E-state index in [0.717, 1.165) is 35.9 Å². The molecule has 1 aliphatic carbocycles. The zero-order valence-electron chi connectivity index (χ0n) is 24.2. The molecule has 3 heterocycles. The second kappa shape index (κ2) is 12.0. The van der Waals surface area contributed by atoms with Gasteiger partial charge in [0.05, 0.1) is 23.8 Å². The SMILES string of the molecule is Cn1ncc2cc(N(Cc3ccc(C4CCCCC4)cn3)C(=O)[C@H]3CCN3S(=O)(=O)c3c(F)c(F)cc(F)c3F)ccc2c1=O. The molecular formula is C31H29F4N5O4S. The second-order valence-corrected chi connectivity index (χ2v) is 13.2. The van der Waals surface area contributed by atoms with E-state index in [1.165, 1.54) is 36.7 Å². The molecule has 236 valence electrons. The fraction of sp³-hybridized carbons (Fsp3) is 0.355. The molecule has 2 fully saturated rings. The summed E-state index contributed by atoms with van der Waals surface area (Å²) in [7, 11) is -3.67. The molecule has 1 atom stereocenters. The Kier molecular flexibility index (Phi) is 8.20. The van der Waals surface area contributed by atoms with Gasteiger partial charge in [-0.2, -0.15) is 9.40 Å². The quantitative estimate of drug-likeness (QED) is 0.209. The normalized spacial score (nSPS) is 17.8. The molecule has 1 saturated heterocycles. The third kappa shape index (κ3) is 5.61. The summed E-state index contributed by atoms with van der Waals surface area (Å²) in [4.78, 5) is 30.7. The number of rotatable bonds is 7. The monoisotopic (exact) mass is 643 g/mol. The molecule has 1 saturated carbocycles. The largest absolute Gasteiger partial charge is 0.305 e. The van der Waals surface area contributed by atoms with Crippen molar-refractivity contribution in [3.8, 4) is 0 Å². The van der Waals surface area contributed by atoms with Gasteiger partial charge in [0, 0.05) is 36.9 Å². The molecular weight excluding hydrogens is 614 g/mol. The van der Waals surface area contributed by atoms with Crippen LogP contribution >= 0.6 is 0 Å². The summed E-state index contributed by atoms with van der Waals surface area (Å²) in [6, 6.07) is 6.83. The number of aryl methyl sites for hydroxylation is 1. The lowest BCUT2D eigenvalue weighted by molar-refractivity contribution is -0.125. The highest BCUT2D eigenvalue weighted by atomic mass is 32.2. The number of pyridine rings is 1. The van der Waals surface area contributed by atoms with E-state index in [2.05, 4.69) is 10.1 Å². The average molecular weight is 644 g/mol. The highest BCUT2D eigenvalue weighted by molar-refractivity contribution is 7.89. The molecule has 0 unspecified atom stereocenters. The van der Waals surface area contributed by atoms with Crippen LogP contribution in [0, 0.1) is 23.3 Å². The number of aromatic nitrogens is 3. The Labute approximate surface area is 256 Å².